The molecule has 0 amide bonds. The van der Waals surface area contributed by atoms with Crippen LogP contribution in [0.15, 0.2) is 6.07 Å². The maximum absolute atomic E-state index is 5.70. The molecule has 1 rings (SSSR count). The van der Waals surface area contributed by atoms with E-state index in [4.69, 9.17) is 4.74 Å². The van der Waals surface area contributed by atoms with Crippen LogP contribution in [0.3, 0.4) is 0 Å². The fraction of sp³-hybridized carbons (Fsp3) is 0.765. The van der Waals surface area contributed by atoms with Crippen molar-refractivity contribution in [2.24, 2.45) is 0 Å². The van der Waals surface area contributed by atoms with Crippen molar-refractivity contribution in [1.82, 2.24) is 14.9 Å². The molecular weight excluding hydrogens is 276 g/mol. The minimum Gasteiger partial charge on any atom is -0.478 e. The van der Waals surface area contributed by atoms with Gasteiger partial charge >= 0.3 is 0 Å². The molecule has 0 aliphatic rings. The second kappa shape index (κ2) is 8.93. The average Bonchev–Trinajstić information content (AvgIpc) is 2.48. The predicted octanol–water partition coefficient (Wildman–Crippen LogP) is 3.32. The van der Waals surface area contributed by atoms with E-state index < -0.39 is 0 Å². The number of hydrogen-bond donors (Lipinski definition) is 1. The highest BCUT2D eigenvalue weighted by atomic mass is 16.5. The zero-order valence-electron chi connectivity index (χ0n) is 15.1. The number of likely N-dealkylation sites (N-methyl/N-ethyl adjacent to an activating group) is 1. The van der Waals surface area contributed by atoms with Crippen molar-refractivity contribution in [1.29, 1.82) is 0 Å². The van der Waals surface area contributed by atoms with Gasteiger partial charge in [0.25, 0.3) is 0 Å². The van der Waals surface area contributed by atoms with Crippen LogP contribution in [0.25, 0.3) is 0 Å². The summed E-state index contributed by atoms with van der Waals surface area (Å²) in [5, 5.41) is 3.40. The van der Waals surface area contributed by atoms with E-state index in [1.165, 1.54) is 0 Å². The molecule has 0 atom stereocenters. The van der Waals surface area contributed by atoms with E-state index in [9.17, 15) is 0 Å². The SMILES string of the molecule is CCCOc1cc(NCCN(CC)CC)nc(C(C)(C)C)n1. The molecule has 0 saturated carbocycles. The van der Waals surface area contributed by atoms with Gasteiger partial charge in [-0.2, -0.15) is 4.98 Å². The van der Waals surface area contributed by atoms with Crippen molar-refractivity contribution in [2.75, 3.05) is 38.1 Å². The first-order chi connectivity index (χ1) is 10.4. The lowest BCUT2D eigenvalue weighted by atomic mass is 9.96. The van der Waals surface area contributed by atoms with E-state index in [-0.39, 0.29) is 5.41 Å². The Balaban J connectivity index is 2.79. The standard InChI is InChI=1S/C17H32N4O/c1-7-12-22-15-13-14(18-10-11-21(8-2)9-3)19-16(20-15)17(4,5)6/h13H,7-12H2,1-6H3,(H,18,19,20). The Morgan fingerprint density at radius 2 is 1.82 bits per heavy atom. The molecule has 0 fully saturated rings. The van der Waals surface area contributed by atoms with Gasteiger partial charge in [0.1, 0.15) is 11.6 Å². The Morgan fingerprint density at radius 3 is 2.36 bits per heavy atom. The summed E-state index contributed by atoms with van der Waals surface area (Å²) in [4.78, 5) is 11.6. The number of ether oxygens (including phenoxy) is 1. The van der Waals surface area contributed by atoms with Crippen molar-refractivity contribution in [3.8, 4) is 5.88 Å². The van der Waals surface area contributed by atoms with Gasteiger partial charge in [-0.1, -0.05) is 41.5 Å². The molecule has 0 aromatic carbocycles. The summed E-state index contributed by atoms with van der Waals surface area (Å²) in [5.74, 6) is 2.32. The van der Waals surface area contributed by atoms with Crippen molar-refractivity contribution in [2.45, 2.75) is 53.4 Å². The third-order valence-corrected chi connectivity index (χ3v) is 3.46. The van der Waals surface area contributed by atoms with Gasteiger partial charge in [-0.3, -0.25) is 0 Å². The Bertz CT molecular complexity index is 439. The number of anilines is 1. The minimum absolute atomic E-state index is 0.0963. The molecule has 126 valence electrons. The quantitative estimate of drug-likeness (QED) is 0.758. The molecular formula is C17H32N4O. The van der Waals surface area contributed by atoms with Gasteiger partial charge in [-0.25, -0.2) is 4.98 Å². The fourth-order valence-electron chi connectivity index (χ4n) is 2.01. The normalized spacial score (nSPS) is 11.8. The molecule has 5 nitrogen and oxygen atoms in total. The Kier molecular flexibility index (Phi) is 7.59. The molecule has 0 spiro atoms. The number of rotatable bonds is 9. The van der Waals surface area contributed by atoms with Gasteiger partial charge in [0.05, 0.1) is 6.61 Å². The zero-order chi connectivity index (χ0) is 16.6. The van der Waals surface area contributed by atoms with E-state index in [1.54, 1.807) is 0 Å². The second-order valence-electron chi connectivity index (χ2n) is 6.47. The fourth-order valence-corrected chi connectivity index (χ4v) is 2.01. The van der Waals surface area contributed by atoms with Gasteiger partial charge in [0.2, 0.25) is 5.88 Å². The molecule has 0 unspecified atom stereocenters. The van der Waals surface area contributed by atoms with Crippen LogP contribution in [0.4, 0.5) is 5.82 Å². The molecule has 0 saturated heterocycles. The highest BCUT2D eigenvalue weighted by Gasteiger charge is 2.19. The molecule has 0 bridgehead atoms. The number of aromatic nitrogens is 2. The van der Waals surface area contributed by atoms with Gasteiger partial charge in [0.15, 0.2) is 0 Å². The molecule has 1 aromatic rings. The van der Waals surface area contributed by atoms with E-state index in [1.807, 2.05) is 6.07 Å². The highest BCUT2D eigenvalue weighted by Crippen LogP contribution is 2.23. The minimum atomic E-state index is -0.0963. The van der Waals surface area contributed by atoms with Crippen LogP contribution in [-0.4, -0.2) is 47.7 Å². The van der Waals surface area contributed by atoms with Crippen LogP contribution in [0, 0.1) is 0 Å². The summed E-state index contributed by atoms with van der Waals surface area (Å²) in [6, 6.07) is 1.90. The molecule has 1 heterocycles. The van der Waals surface area contributed by atoms with Gasteiger partial charge in [-0.15, -0.1) is 0 Å². The van der Waals surface area contributed by atoms with E-state index in [0.717, 1.165) is 44.2 Å². The molecule has 0 aliphatic carbocycles. The first kappa shape index (κ1) is 18.7. The van der Waals surface area contributed by atoms with E-state index in [2.05, 4.69) is 61.7 Å². The van der Waals surface area contributed by atoms with Crippen LogP contribution >= 0.6 is 0 Å². The lowest BCUT2D eigenvalue weighted by Crippen LogP contribution is -2.29. The third kappa shape index (κ3) is 6.18. The smallest absolute Gasteiger partial charge is 0.218 e. The summed E-state index contributed by atoms with van der Waals surface area (Å²) < 4.78 is 5.70. The van der Waals surface area contributed by atoms with Crippen LogP contribution in [0.2, 0.25) is 0 Å². The molecule has 1 N–H and O–H groups in total. The Morgan fingerprint density at radius 1 is 1.14 bits per heavy atom. The molecule has 1 aromatic heterocycles. The third-order valence-electron chi connectivity index (χ3n) is 3.46. The van der Waals surface area contributed by atoms with Crippen LogP contribution in [0.1, 0.15) is 53.8 Å². The van der Waals surface area contributed by atoms with Gasteiger partial charge < -0.3 is 15.0 Å². The summed E-state index contributed by atoms with van der Waals surface area (Å²) in [6.45, 7) is 17.5. The van der Waals surface area contributed by atoms with Gasteiger partial charge in [-0.05, 0) is 19.5 Å². The monoisotopic (exact) mass is 308 g/mol. The molecule has 22 heavy (non-hydrogen) atoms. The van der Waals surface area contributed by atoms with Crippen LogP contribution in [0.5, 0.6) is 5.88 Å². The summed E-state index contributed by atoms with van der Waals surface area (Å²) in [5.41, 5.74) is -0.0963. The van der Waals surface area contributed by atoms with Crippen molar-refractivity contribution < 1.29 is 4.74 Å². The van der Waals surface area contributed by atoms with Crippen LogP contribution < -0.4 is 10.1 Å². The first-order valence-electron chi connectivity index (χ1n) is 8.39. The maximum Gasteiger partial charge on any atom is 0.218 e. The summed E-state index contributed by atoms with van der Waals surface area (Å²) in [6.07, 6.45) is 0.972. The lowest BCUT2D eigenvalue weighted by molar-refractivity contribution is 0.301. The average molecular weight is 308 g/mol. The number of nitrogens with zero attached hydrogens (tertiary/aromatic N) is 3. The van der Waals surface area contributed by atoms with E-state index >= 15 is 0 Å². The van der Waals surface area contributed by atoms with Crippen LogP contribution in [-0.2, 0) is 5.41 Å². The predicted molar refractivity (Wildman–Crippen MR) is 92.8 cm³/mol. The highest BCUT2D eigenvalue weighted by molar-refractivity contribution is 5.39. The topological polar surface area (TPSA) is 50.3 Å². The maximum atomic E-state index is 5.70. The van der Waals surface area contributed by atoms with Crippen molar-refractivity contribution in [3.63, 3.8) is 0 Å². The van der Waals surface area contributed by atoms with E-state index in [0.29, 0.717) is 12.5 Å². The summed E-state index contributed by atoms with van der Waals surface area (Å²) >= 11 is 0. The van der Waals surface area contributed by atoms with Crippen molar-refractivity contribution in [3.05, 3.63) is 11.9 Å². The number of hydrogen-bond acceptors (Lipinski definition) is 5. The Labute approximate surface area is 135 Å². The Hall–Kier alpha value is -1.36. The van der Waals surface area contributed by atoms with Crippen molar-refractivity contribution >= 4 is 5.82 Å². The molecule has 5 heteroatoms. The molecule has 0 radical (unpaired) electrons. The molecule has 0 aliphatic heterocycles. The summed E-state index contributed by atoms with van der Waals surface area (Å²) in [7, 11) is 0. The number of nitrogens with one attached hydrogen (secondary N) is 1. The second-order valence-corrected chi connectivity index (χ2v) is 6.47. The lowest BCUT2D eigenvalue weighted by Gasteiger charge is -2.20. The zero-order valence-corrected chi connectivity index (χ0v) is 15.1. The van der Waals surface area contributed by atoms with Gasteiger partial charge in [0, 0.05) is 24.6 Å². The first-order valence-corrected chi connectivity index (χ1v) is 8.39. The largest absolute Gasteiger partial charge is 0.478 e.